The Morgan fingerprint density at radius 2 is 1.70 bits per heavy atom. The van der Waals surface area contributed by atoms with Crippen LogP contribution in [0.25, 0.3) is 0 Å². The lowest BCUT2D eigenvalue weighted by Gasteiger charge is -2.31. The number of nitrogens with one attached hydrogen (secondary N) is 2. The Morgan fingerprint density at radius 1 is 1.04 bits per heavy atom. The molecule has 0 heterocycles. The van der Waals surface area contributed by atoms with Gasteiger partial charge in [0.25, 0.3) is 0 Å². The first-order valence-corrected chi connectivity index (χ1v) is 9.40. The summed E-state index contributed by atoms with van der Waals surface area (Å²) in [5.41, 5.74) is 0.0176. The molecule has 2 fully saturated rings. The molecule has 0 spiro atoms. The highest BCUT2D eigenvalue weighted by Gasteiger charge is 2.34. The number of ether oxygens (including phenoxy) is 1. The molecule has 0 radical (unpaired) electrons. The quantitative estimate of drug-likeness (QED) is 0.757. The van der Waals surface area contributed by atoms with Crippen molar-refractivity contribution in [1.29, 1.82) is 0 Å². The summed E-state index contributed by atoms with van der Waals surface area (Å²) in [5, 5.41) is 7.00. The van der Waals surface area contributed by atoms with Gasteiger partial charge in [-0.3, -0.25) is 0 Å². The molecule has 2 saturated carbocycles. The number of amides is 1. The smallest absolute Gasteiger partial charge is 0.407 e. The SMILES string of the molecule is CC1(C)CCC(NC2CCCCCC2NC(=O)OC(C)(C)C)C1. The molecule has 0 aromatic rings. The topological polar surface area (TPSA) is 50.4 Å². The van der Waals surface area contributed by atoms with Gasteiger partial charge in [-0.1, -0.05) is 33.1 Å². The van der Waals surface area contributed by atoms with Crippen molar-refractivity contribution in [2.45, 2.75) is 110 Å². The van der Waals surface area contributed by atoms with Crippen molar-refractivity contribution in [1.82, 2.24) is 10.6 Å². The largest absolute Gasteiger partial charge is 0.444 e. The Morgan fingerprint density at radius 3 is 2.26 bits per heavy atom. The van der Waals surface area contributed by atoms with Crippen LogP contribution in [0.4, 0.5) is 4.79 Å². The molecule has 23 heavy (non-hydrogen) atoms. The summed E-state index contributed by atoms with van der Waals surface area (Å²) in [6.07, 6.45) is 9.41. The highest BCUT2D eigenvalue weighted by Crippen LogP contribution is 2.37. The minimum Gasteiger partial charge on any atom is -0.444 e. The third-order valence-corrected chi connectivity index (χ3v) is 5.14. The zero-order valence-corrected chi connectivity index (χ0v) is 15.7. The van der Waals surface area contributed by atoms with E-state index in [9.17, 15) is 4.79 Å². The number of hydrogen-bond acceptors (Lipinski definition) is 3. The van der Waals surface area contributed by atoms with Crippen LogP contribution < -0.4 is 10.6 Å². The van der Waals surface area contributed by atoms with E-state index in [1.807, 2.05) is 20.8 Å². The van der Waals surface area contributed by atoms with E-state index in [4.69, 9.17) is 4.74 Å². The van der Waals surface area contributed by atoms with Crippen LogP contribution in [0.1, 0.15) is 86.0 Å². The van der Waals surface area contributed by atoms with E-state index < -0.39 is 5.60 Å². The van der Waals surface area contributed by atoms with E-state index in [0.717, 1.165) is 12.8 Å². The van der Waals surface area contributed by atoms with Gasteiger partial charge in [-0.15, -0.1) is 0 Å². The van der Waals surface area contributed by atoms with Gasteiger partial charge in [-0.25, -0.2) is 4.79 Å². The number of rotatable bonds is 3. The molecule has 0 aliphatic heterocycles. The summed E-state index contributed by atoms with van der Waals surface area (Å²) in [4.78, 5) is 12.2. The van der Waals surface area contributed by atoms with Gasteiger partial charge in [0.15, 0.2) is 0 Å². The molecule has 4 heteroatoms. The van der Waals surface area contributed by atoms with Crippen molar-refractivity contribution in [3.05, 3.63) is 0 Å². The minimum absolute atomic E-state index is 0.191. The van der Waals surface area contributed by atoms with Crippen LogP contribution in [-0.2, 0) is 4.74 Å². The highest BCUT2D eigenvalue weighted by atomic mass is 16.6. The van der Waals surface area contributed by atoms with Gasteiger partial charge in [0.1, 0.15) is 5.60 Å². The molecule has 0 aromatic carbocycles. The zero-order valence-electron chi connectivity index (χ0n) is 15.7. The maximum absolute atomic E-state index is 12.2. The van der Waals surface area contributed by atoms with E-state index >= 15 is 0 Å². The van der Waals surface area contributed by atoms with E-state index in [1.54, 1.807) is 0 Å². The van der Waals surface area contributed by atoms with Gasteiger partial charge >= 0.3 is 6.09 Å². The van der Waals surface area contributed by atoms with Crippen LogP contribution in [0.3, 0.4) is 0 Å². The van der Waals surface area contributed by atoms with E-state index in [1.165, 1.54) is 38.5 Å². The summed E-state index contributed by atoms with van der Waals surface area (Å²) in [6.45, 7) is 10.5. The number of carbonyl (C=O) groups excluding carboxylic acids is 1. The van der Waals surface area contributed by atoms with Crippen LogP contribution in [0.2, 0.25) is 0 Å². The second-order valence-corrected chi connectivity index (χ2v) is 9.27. The van der Waals surface area contributed by atoms with Crippen LogP contribution in [-0.4, -0.2) is 29.8 Å². The second-order valence-electron chi connectivity index (χ2n) is 9.27. The molecular weight excluding hydrogens is 288 g/mol. The highest BCUT2D eigenvalue weighted by molar-refractivity contribution is 5.68. The van der Waals surface area contributed by atoms with E-state index in [2.05, 4.69) is 24.5 Å². The van der Waals surface area contributed by atoms with Gasteiger partial charge in [0.2, 0.25) is 0 Å². The van der Waals surface area contributed by atoms with Gasteiger partial charge in [0, 0.05) is 18.1 Å². The van der Waals surface area contributed by atoms with Gasteiger partial charge in [-0.05, 0) is 58.3 Å². The van der Waals surface area contributed by atoms with Crippen molar-refractivity contribution < 1.29 is 9.53 Å². The minimum atomic E-state index is -0.437. The molecule has 0 aromatic heterocycles. The summed E-state index contributed by atoms with van der Waals surface area (Å²) in [7, 11) is 0. The molecule has 2 N–H and O–H groups in total. The molecule has 134 valence electrons. The Balaban J connectivity index is 1.92. The predicted octanol–water partition coefficient (Wildman–Crippen LogP) is 4.38. The van der Waals surface area contributed by atoms with Crippen molar-refractivity contribution in [3.63, 3.8) is 0 Å². The Kier molecular flexibility index (Phi) is 5.99. The number of carbonyl (C=O) groups is 1. The lowest BCUT2D eigenvalue weighted by molar-refractivity contribution is 0.0487. The Hall–Kier alpha value is -0.770. The van der Waals surface area contributed by atoms with Crippen molar-refractivity contribution in [2.75, 3.05) is 0 Å². The van der Waals surface area contributed by atoms with Crippen molar-refractivity contribution >= 4 is 6.09 Å². The molecule has 3 atom stereocenters. The van der Waals surface area contributed by atoms with Crippen LogP contribution in [0, 0.1) is 5.41 Å². The van der Waals surface area contributed by atoms with Gasteiger partial charge in [-0.2, -0.15) is 0 Å². The fourth-order valence-corrected chi connectivity index (χ4v) is 4.02. The zero-order chi connectivity index (χ0) is 17.1. The summed E-state index contributed by atoms with van der Waals surface area (Å²) < 4.78 is 5.45. The fourth-order valence-electron chi connectivity index (χ4n) is 4.02. The third kappa shape index (κ3) is 6.33. The fraction of sp³-hybridized carbons (Fsp3) is 0.947. The Labute approximate surface area is 142 Å². The molecule has 4 nitrogen and oxygen atoms in total. The van der Waals surface area contributed by atoms with E-state index in [-0.39, 0.29) is 12.1 Å². The lowest BCUT2D eigenvalue weighted by Crippen LogP contribution is -2.52. The standard InChI is InChI=1S/C19H36N2O2/c1-18(2,3)23-17(22)21-16-10-8-6-7-9-15(16)20-14-11-12-19(4,5)13-14/h14-16,20H,6-13H2,1-5H3,(H,21,22). The normalized spacial score (nSPS) is 31.4. The molecule has 2 aliphatic carbocycles. The van der Waals surface area contributed by atoms with Crippen molar-refractivity contribution in [3.8, 4) is 0 Å². The maximum atomic E-state index is 12.2. The third-order valence-electron chi connectivity index (χ3n) is 5.14. The van der Waals surface area contributed by atoms with Gasteiger partial charge in [0.05, 0.1) is 0 Å². The first-order valence-electron chi connectivity index (χ1n) is 9.40. The monoisotopic (exact) mass is 324 g/mol. The molecule has 3 unspecified atom stereocenters. The molecule has 2 rings (SSSR count). The first kappa shape index (κ1) is 18.6. The summed E-state index contributed by atoms with van der Waals surface area (Å²) >= 11 is 0. The van der Waals surface area contributed by atoms with Gasteiger partial charge < -0.3 is 15.4 Å². The maximum Gasteiger partial charge on any atom is 0.407 e. The molecular formula is C19H36N2O2. The summed E-state index contributed by atoms with van der Waals surface area (Å²) in [5.74, 6) is 0. The summed E-state index contributed by atoms with van der Waals surface area (Å²) in [6, 6.07) is 1.16. The molecule has 2 aliphatic rings. The van der Waals surface area contributed by atoms with Crippen LogP contribution >= 0.6 is 0 Å². The second kappa shape index (κ2) is 7.42. The Bertz CT molecular complexity index is 401. The average molecular weight is 325 g/mol. The first-order chi connectivity index (χ1) is 10.6. The predicted molar refractivity (Wildman–Crippen MR) is 94.6 cm³/mol. The molecule has 0 saturated heterocycles. The van der Waals surface area contributed by atoms with Crippen molar-refractivity contribution in [2.24, 2.45) is 5.41 Å². The lowest BCUT2D eigenvalue weighted by atomic mass is 9.91. The number of hydrogen-bond donors (Lipinski definition) is 2. The van der Waals surface area contributed by atoms with Crippen LogP contribution in [0.5, 0.6) is 0 Å². The number of alkyl carbamates (subject to hydrolysis) is 1. The van der Waals surface area contributed by atoms with E-state index in [0.29, 0.717) is 17.5 Å². The average Bonchev–Trinajstić information content (AvgIpc) is 2.59. The molecule has 0 bridgehead atoms. The van der Waals surface area contributed by atoms with Crippen LogP contribution in [0.15, 0.2) is 0 Å². The molecule has 1 amide bonds.